The Morgan fingerprint density at radius 1 is 1.44 bits per heavy atom. The van der Waals surface area contributed by atoms with E-state index >= 15 is 0 Å². The summed E-state index contributed by atoms with van der Waals surface area (Å²) in [5.74, 6) is 0. The van der Waals surface area contributed by atoms with Gasteiger partial charge in [0.05, 0.1) is 12.6 Å². The van der Waals surface area contributed by atoms with Crippen molar-refractivity contribution in [2.75, 3.05) is 6.54 Å². The van der Waals surface area contributed by atoms with Gasteiger partial charge in [0.15, 0.2) is 0 Å². The van der Waals surface area contributed by atoms with Crippen LogP contribution in [-0.4, -0.2) is 27.8 Å². The minimum Gasteiger partial charge on any atom is -0.390 e. The van der Waals surface area contributed by atoms with Crippen molar-refractivity contribution < 1.29 is 10.2 Å². The van der Waals surface area contributed by atoms with E-state index < -0.39 is 12.2 Å². The Balaban J connectivity index is 2.33. The van der Waals surface area contributed by atoms with Crippen molar-refractivity contribution in [2.24, 2.45) is 5.11 Å². The number of hydrogen-bond donors (Lipinski definition) is 3. The first-order valence-electron chi connectivity index (χ1n) is 5.58. The van der Waals surface area contributed by atoms with Crippen LogP contribution in [0.1, 0.15) is 17.2 Å². The normalized spacial score (nSPS) is 14.2. The van der Waals surface area contributed by atoms with E-state index in [1.807, 2.05) is 25.1 Å². The third kappa shape index (κ3) is 2.31. The van der Waals surface area contributed by atoms with Crippen LogP contribution in [0.4, 0.5) is 0 Å². The van der Waals surface area contributed by atoms with E-state index in [0.717, 1.165) is 16.5 Å². The van der Waals surface area contributed by atoms with Crippen molar-refractivity contribution in [1.82, 2.24) is 4.98 Å². The highest BCUT2D eigenvalue weighted by atomic mass is 16.3. The molecule has 0 amide bonds. The standard InChI is InChI=1S/C12H14N4O2/c1-7-2-3-8-9(5-14-10(8)4-7)12(18)11(17)6-15-16-13/h2-5,11-12,14,17-18H,6H2,1H3. The minimum absolute atomic E-state index is 0.157. The van der Waals surface area contributed by atoms with Gasteiger partial charge in [0.1, 0.15) is 6.10 Å². The number of fused-ring (bicyclic) bond motifs is 1. The fourth-order valence-electron chi connectivity index (χ4n) is 1.93. The maximum Gasteiger partial charge on any atom is 0.107 e. The van der Waals surface area contributed by atoms with Crippen LogP contribution in [0.3, 0.4) is 0 Å². The van der Waals surface area contributed by atoms with Gasteiger partial charge < -0.3 is 15.2 Å². The molecule has 0 aliphatic rings. The third-order valence-corrected chi connectivity index (χ3v) is 2.88. The van der Waals surface area contributed by atoms with E-state index in [1.54, 1.807) is 6.20 Å². The third-order valence-electron chi connectivity index (χ3n) is 2.88. The van der Waals surface area contributed by atoms with Crippen molar-refractivity contribution in [2.45, 2.75) is 19.1 Å². The highest BCUT2D eigenvalue weighted by Gasteiger charge is 2.20. The quantitative estimate of drug-likeness (QED) is 0.437. The molecule has 1 heterocycles. The zero-order chi connectivity index (χ0) is 13.1. The lowest BCUT2D eigenvalue weighted by Gasteiger charge is -2.15. The molecule has 6 heteroatoms. The number of rotatable bonds is 4. The molecule has 0 saturated carbocycles. The van der Waals surface area contributed by atoms with Crippen molar-refractivity contribution in [3.05, 3.63) is 46.0 Å². The number of aromatic nitrogens is 1. The van der Waals surface area contributed by atoms with Crippen molar-refractivity contribution in [3.8, 4) is 0 Å². The molecule has 1 aromatic carbocycles. The molecule has 0 radical (unpaired) electrons. The molecule has 3 N–H and O–H groups in total. The van der Waals surface area contributed by atoms with Crippen LogP contribution < -0.4 is 0 Å². The number of hydrogen-bond acceptors (Lipinski definition) is 3. The van der Waals surface area contributed by atoms with Crippen molar-refractivity contribution in [3.63, 3.8) is 0 Å². The van der Waals surface area contributed by atoms with Crippen LogP contribution >= 0.6 is 0 Å². The van der Waals surface area contributed by atoms with Gasteiger partial charge in [0.2, 0.25) is 0 Å². The number of benzene rings is 1. The molecule has 0 aliphatic heterocycles. The summed E-state index contributed by atoms with van der Waals surface area (Å²) in [6.45, 7) is 1.82. The van der Waals surface area contributed by atoms with E-state index in [9.17, 15) is 10.2 Å². The number of nitrogens with zero attached hydrogens (tertiary/aromatic N) is 3. The number of azide groups is 1. The molecule has 6 nitrogen and oxygen atoms in total. The summed E-state index contributed by atoms with van der Waals surface area (Å²) in [5.41, 5.74) is 10.8. The second-order valence-corrected chi connectivity index (χ2v) is 4.22. The predicted octanol–water partition coefficient (Wildman–Crippen LogP) is 2.18. The molecule has 2 atom stereocenters. The molecular formula is C12H14N4O2. The van der Waals surface area contributed by atoms with Crippen molar-refractivity contribution >= 4 is 10.9 Å². The topological polar surface area (TPSA) is 105 Å². The second kappa shape index (κ2) is 5.10. The SMILES string of the molecule is Cc1ccc2c(C(O)C(O)CN=[N+]=[N-])c[nH]c2c1. The summed E-state index contributed by atoms with van der Waals surface area (Å²) in [5, 5.41) is 23.8. The van der Waals surface area contributed by atoms with Crippen molar-refractivity contribution in [1.29, 1.82) is 0 Å². The van der Waals surface area contributed by atoms with Gasteiger partial charge >= 0.3 is 0 Å². The Hall–Kier alpha value is -2.01. The highest BCUT2D eigenvalue weighted by Crippen LogP contribution is 2.27. The molecule has 18 heavy (non-hydrogen) atoms. The van der Waals surface area contributed by atoms with Gasteiger partial charge in [-0.25, -0.2) is 0 Å². The van der Waals surface area contributed by atoms with Crippen LogP contribution in [0.25, 0.3) is 21.3 Å². The first kappa shape index (κ1) is 12.4. The van der Waals surface area contributed by atoms with Gasteiger partial charge in [0.25, 0.3) is 0 Å². The summed E-state index contributed by atoms with van der Waals surface area (Å²) in [6.07, 6.45) is -0.526. The minimum atomic E-state index is -1.11. The molecule has 0 aliphatic carbocycles. The maximum atomic E-state index is 10.0. The smallest absolute Gasteiger partial charge is 0.107 e. The molecule has 2 aromatic rings. The van der Waals surface area contributed by atoms with Crippen LogP contribution in [0, 0.1) is 6.92 Å². The summed E-state index contributed by atoms with van der Waals surface area (Å²) in [7, 11) is 0. The molecule has 1 aromatic heterocycles. The van der Waals surface area contributed by atoms with Crippen LogP contribution in [0.2, 0.25) is 0 Å². The molecule has 2 unspecified atom stereocenters. The van der Waals surface area contributed by atoms with E-state index in [1.165, 1.54) is 0 Å². The van der Waals surface area contributed by atoms with E-state index in [2.05, 4.69) is 15.0 Å². The number of aliphatic hydroxyl groups excluding tert-OH is 2. The van der Waals surface area contributed by atoms with Crippen LogP contribution in [-0.2, 0) is 0 Å². The second-order valence-electron chi connectivity index (χ2n) is 4.22. The zero-order valence-electron chi connectivity index (χ0n) is 9.91. The predicted molar refractivity (Wildman–Crippen MR) is 68.0 cm³/mol. The first-order chi connectivity index (χ1) is 8.63. The fourth-order valence-corrected chi connectivity index (χ4v) is 1.93. The largest absolute Gasteiger partial charge is 0.390 e. The first-order valence-corrected chi connectivity index (χ1v) is 5.58. The number of aromatic amines is 1. The molecule has 0 spiro atoms. The number of aryl methyl sites for hydroxylation is 1. The molecule has 0 bridgehead atoms. The number of H-pyrrole nitrogens is 1. The monoisotopic (exact) mass is 246 g/mol. The lowest BCUT2D eigenvalue weighted by Crippen LogP contribution is -2.20. The Bertz CT molecular complexity index is 601. The number of aliphatic hydroxyl groups is 2. The summed E-state index contributed by atoms with van der Waals surface area (Å²) in [6, 6.07) is 5.79. The average Bonchev–Trinajstić information content (AvgIpc) is 2.77. The van der Waals surface area contributed by atoms with Gasteiger partial charge in [0, 0.05) is 27.6 Å². The summed E-state index contributed by atoms with van der Waals surface area (Å²) >= 11 is 0. The molecule has 94 valence electrons. The fraction of sp³-hybridized carbons (Fsp3) is 0.333. The Morgan fingerprint density at radius 2 is 2.22 bits per heavy atom. The van der Waals surface area contributed by atoms with Gasteiger partial charge in [-0.2, -0.15) is 0 Å². The maximum absolute atomic E-state index is 10.0. The molecule has 0 saturated heterocycles. The van der Waals surface area contributed by atoms with Gasteiger partial charge in [-0.15, -0.1) is 0 Å². The van der Waals surface area contributed by atoms with Gasteiger partial charge in [-0.05, 0) is 24.1 Å². The average molecular weight is 246 g/mol. The van der Waals surface area contributed by atoms with E-state index in [0.29, 0.717) is 5.56 Å². The van der Waals surface area contributed by atoms with E-state index in [4.69, 9.17) is 5.53 Å². The Kier molecular flexibility index (Phi) is 3.53. The number of nitrogens with one attached hydrogen (secondary N) is 1. The van der Waals surface area contributed by atoms with Gasteiger partial charge in [-0.1, -0.05) is 17.2 Å². The van der Waals surface area contributed by atoms with Crippen LogP contribution in [0.5, 0.6) is 0 Å². The molecule has 0 fully saturated rings. The Labute approximate surface area is 104 Å². The van der Waals surface area contributed by atoms with E-state index in [-0.39, 0.29) is 6.54 Å². The lowest BCUT2D eigenvalue weighted by molar-refractivity contribution is 0.0253. The highest BCUT2D eigenvalue weighted by molar-refractivity contribution is 5.84. The lowest BCUT2D eigenvalue weighted by atomic mass is 10.0. The van der Waals surface area contributed by atoms with Gasteiger partial charge in [-0.3, -0.25) is 0 Å². The summed E-state index contributed by atoms with van der Waals surface area (Å²) < 4.78 is 0. The van der Waals surface area contributed by atoms with Crippen LogP contribution in [0.15, 0.2) is 29.5 Å². The molecule has 2 rings (SSSR count). The Morgan fingerprint density at radius 3 is 2.94 bits per heavy atom. The molecular weight excluding hydrogens is 232 g/mol. The zero-order valence-corrected chi connectivity index (χ0v) is 9.91. The summed E-state index contributed by atoms with van der Waals surface area (Å²) in [4.78, 5) is 5.61.